The smallest absolute Gasteiger partial charge is 0.276 e. The minimum absolute atomic E-state index is 0.106. The standard InChI is InChI=1S/C16H17N3O4/c20-16(19-5-3-17-4-6-19)14-15(23-10-18-14)11-1-2-12-13(9-11)22-8-7-21-12/h1-2,9-10,17H,3-8H2. The summed E-state index contributed by atoms with van der Waals surface area (Å²) >= 11 is 0. The normalized spacial score (nSPS) is 17.1. The van der Waals surface area contributed by atoms with Crippen LogP contribution in [0, 0.1) is 0 Å². The number of hydrogen-bond acceptors (Lipinski definition) is 6. The molecule has 0 atom stereocenters. The van der Waals surface area contributed by atoms with Gasteiger partial charge in [0.15, 0.2) is 29.3 Å². The van der Waals surface area contributed by atoms with Crippen molar-refractivity contribution in [1.29, 1.82) is 0 Å². The summed E-state index contributed by atoms with van der Waals surface area (Å²) in [7, 11) is 0. The topological polar surface area (TPSA) is 76.8 Å². The third kappa shape index (κ3) is 2.63. The molecule has 1 aromatic carbocycles. The minimum Gasteiger partial charge on any atom is -0.486 e. The van der Waals surface area contributed by atoms with Crippen LogP contribution in [0.25, 0.3) is 11.3 Å². The van der Waals surface area contributed by atoms with Gasteiger partial charge in [-0.1, -0.05) is 0 Å². The van der Waals surface area contributed by atoms with Crippen molar-refractivity contribution in [1.82, 2.24) is 15.2 Å². The van der Waals surface area contributed by atoms with E-state index in [4.69, 9.17) is 13.9 Å². The van der Waals surface area contributed by atoms with E-state index < -0.39 is 0 Å². The number of amides is 1. The van der Waals surface area contributed by atoms with Gasteiger partial charge < -0.3 is 24.1 Å². The number of benzene rings is 1. The average Bonchev–Trinajstić information content (AvgIpc) is 3.11. The van der Waals surface area contributed by atoms with E-state index in [0.29, 0.717) is 49.3 Å². The minimum atomic E-state index is -0.106. The molecule has 1 saturated heterocycles. The molecule has 120 valence electrons. The van der Waals surface area contributed by atoms with Crippen molar-refractivity contribution in [3.63, 3.8) is 0 Å². The lowest BCUT2D eigenvalue weighted by Gasteiger charge is -2.26. The quantitative estimate of drug-likeness (QED) is 0.896. The van der Waals surface area contributed by atoms with Crippen LogP contribution in [-0.2, 0) is 0 Å². The molecule has 7 nitrogen and oxygen atoms in total. The number of oxazole rings is 1. The highest BCUT2D eigenvalue weighted by Crippen LogP contribution is 2.35. The second-order valence-electron chi connectivity index (χ2n) is 5.43. The van der Waals surface area contributed by atoms with Crippen molar-refractivity contribution in [2.24, 2.45) is 0 Å². The van der Waals surface area contributed by atoms with Gasteiger partial charge in [-0.15, -0.1) is 0 Å². The van der Waals surface area contributed by atoms with Crippen molar-refractivity contribution in [3.8, 4) is 22.8 Å². The summed E-state index contributed by atoms with van der Waals surface area (Å²) in [6.45, 7) is 3.99. The Morgan fingerprint density at radius 2 is 1.91 bits per heavy atom. The van der Waals surface area contributed by atoms with Crippen molar-refractivity contribution < 1.29 is 18.7 Å². The van der Waals surface area contributed by atoms with Gasteiger partial charge in [-0.3, -0.25) is 4.79 Å². The third-order valence-corrected chi connectivity index (χ3v) is 3.98. The Labute approximate surface area is 133 Å². The van der Waals surface area contributed by atoms with Gasteiger partial charge in [0.25, 0.3) is 5.91 Å². The third-order valence-electron chi connectivity index (χ3n) is 3.98. The van der Waals surface area contributed by atoms with Crippen LogP contribution in [0.1, 0.15) is 10.5 Å². The van der Waals surface area contributed by atoms with E-state index >= 15 is 0 Å². The lowest BCUT2D eigenvalue weighted by atomic mass is 10.1. The number of aromatic nitrogens is 1. The molecule has 1 amide bonds. The number of nitrogens with zero attached hydrogens (tertiary/aromatic N) is 2. The van der Waals surface area contributed by atoms with E-state index in [-0.39, 0.29) is 5.91 Å². The number of carbonyl (C=O) groups is 1. The van der Waals surface area contributed by atoms with Crippen LogP contribution in [0.3, 0.4) is 0 Å². The molecular formula is C16H17N3O4. The molecule has 0 radical (unpaired) electrons. The van der Waals surface area contributed by atoms with E-state index in [2.05, 4.69) is 10.3 Å². The number of carbonyl (C=O) groups excluding carboxylic acids is 1. The summed E-state index contributed by atoms with van der Waals surface area (Å²) < 4.78 is 16.6. The molecule has 0 spiro atoms. The molecule has 0 bridgehead atoms. The first-order valence-corrected chi connectivity index (χ1v) is 7.66. The Morgan fingerprint density at radius 3 is 2.74 bits per heavy atom. The Kier molecular flexibility index (Phi) is 3.63. The van der Waals surface area contributed by atoms with Gasteiger partial charge in [0.2, 0.25) is 0 Å². The van der Waals surface area contributed by atoms with E-state index in [1.165, 1.54) is 6.39 Å². The number of nitrogens with one attached hydrogen (secondary N) is 1. The van der Waals surface area contributed by atoms with Crippen LogP contribution in [0.15, 0.2) is 29.0 Å². The second kappa shape index (κ2) is 5.92. The zero-order valence-corrected chi connectivity index (χ0v) is 12.6. The van der Waals surface area contributed by atoms with Crippen LogP contribution >= 0.6 is 0 Å². The van der Waals surface area contributed by atoms with Crippen LogP contribution in [0.5, 0.6) is 11.5 Å². The summed E-state index contributed by atoms with van der Waals surface area (Å²) in [5, 5.41) is 3.23. The van der Waals surface area contributed by atoms with Crippen LogP contribution in [0.2, 0.25) is 0 Å². The number of ether oxygens (including phenoxy) is 2. The SMILES string of the molecule is O=C(c1ncoc1-c1ccc2c(c1)OCCO2)N1CCNCC1. The summed E-state index contributed by atoms with van der Waals surface area (Å²) in [6, 6.07) is 5.50. The lowest BCUT2D eigenvalue weighted by Crippen LogP contribution is -2.46. The Hall–Kier alpha value is -2.54. The highest BCUT2D eigenvalue weighted by atomic mass is 16.6. The number of fused-ring (bicyclic) bond motifs is 1. The molecule has 7 heteroatoms. The van der Waals surface area contributed by atoms with Gasteiger partial charge in [-0.2, -0.15) is 0 Å². The predicted octanol–water partition coefficient (Wildman–Crippen LogP) is 1.16. The molecule has 4 rings (SSSR count). The summed E-state index contributed by atoms with van der Waals surface area (Å²) in [6.07, 6.45) is 1.31. The maximum Gasteiger partial charge on any atom is 0.276 e. The first-order valence-electron chi connectivity index (χ1n) is 7.66. The fourth-order valence-electron chi connectivity index (χ4n) is 2.81. The van der Waals surface area contributed by atoms with Gasteiger partial charge in [0.1, 0.15) is 13.2 Å². The van der Waals surface area contributed by atoms with Crippen molar-refractivity contribution >= 4 is 5.91 Å². The summed E-state index contributed by atoms with van der Waals surface area (Å²) in [5.74, 6) is 1.72. The van der Waals surface area contributed by atoms with Crippen molar-refractivity contribution in [2.45, 2.75) is 0 Å². The second-order valence-corrected chi connectivity index (χ2v) is 5.43. The largest absolute Gasteiger partial charge is 0.486 e. The van der Waals surface area contributed by atoms with Gasteiger partial charge in [-0.25, -0.2) is 4.98 Å². The fourth-order valence-corrected chi connectivity index (χ4v) is 2.81. The van der Waals surface area contributed by atoms with E-state index in [1.54, 1.807) is 4.90 Å². The molecule has 1 N–H and O–H groups in total. The van der Waals surface area contributed by atoms with E-state index in [0.717, 1.165) is 18.7 Å². The molecule has 0 aliphatic carbocycles. The molecule has 2 aliphatic heterocycles. The van der Waals surface area contributed by atoms with Gasteiger partial charge >= 0.3 is 0 Å². The Balaban J connectivity index is 1.65. The zero-order chi connectivity index (χ0) is 15.6. The molecule has 23 heavy (non-hydrogen) atoms. The molecule has 2 aromatic rings. The van der Waals surface area contributed by atoms with Crippen molar-refractivity contribution in [2.75, 3.05) is 39.4 Å². The monoisotopic (exact) mass is 315 g/mol. The van der Waals surface area contributed by atoms with Crippen LogP contribution in [-0.4, -0.2) is 55.2 Å². The first-order chi connectivity index (χ1) is 11.3. The average molecular weight is 315 g/mol. The van der Waals surface area contributed by atoms with Crippen LogP contribution in [0.4, 0.5) is 0 Å². The van der Waals surface area contributed by atoms with E-state index in [1.807, 2.05) is 18.2 Å². The Morgan fingerprint density at radius 1 is 1.13 bits per heavy atom. The molecule has 0 saturated carbocycles. The molecule has 2 aliphatic rings. The molecule has 1 aromatic heterocycles. The van der Waals surface area contributed by atoms with Crippen LogP contribution < -0.4 is 14.8 Å². The number of piperazine rings is 1. The molecule has 1 fully saturated rings. The summed E-state index contributed by atoms with van der Waals surface area (Å²) in [4.78, 5) is 18.6. The predicted molar refractivity (Wildman–Crippen MR) is 81.7 cm³/mol. The highest BCUT2D eigenvalue weighted by molar-refractivity contribution is 5.97. The van der Waals surface area contributed by atoms with Crippen molar-refractivity contribution in [3.05, 3.63) is 30.3 Å². The molecular weight excluding hydrogens is 298 g/mol. The highest BCUT2D eigenvalue weighted by Gasteiger charge is 2.25. The van der Waals surface area contributed by atoms with Gasteiger partial charge in [0, 0.05) is 31.7 Å². The lowest BCUT2D eigenvalue weighted by molar-refractivity contribution is 0.0731. The van der Waals surface area contributed by atoms with Gasteiger partial charge in [0.05, 0.1) is 0 Å². The Bertz CT molecular complexity index is 722. The molecule has 3 heterocycles. The van der Waals surface area contributed by atoms with E-state index in [9.17, 15) is 4.79 Å². The summed E-state index contributed by atoms with van der Waals surface area (Å²) in [5.41, 5.74) is 1.09. The first kappa shape index (κ1) is 14.1. The zero-order valence-electron chi connectivity index (χ0n) is 12.6. The molecule has 0 unspecified atom stereocenters. The number of rotatable bonds is 2. The van der Waals surface area contributed by atoms with Gasteiger partial charge in [-0.05, 0) is 18.2 Å². The fraction of sp³-hybridized carbons (Fsp3) is 0.375. The number of hydrogen-bond donors (Lipinski definition) is 1. The maximum absolute atomic E-state index is 12.7. The maximum atomic E-state index is 12.7.